The second-order valence-electron chi connectivity index (χ2n) is 5.52. The maximum Gasteiger partial charge on any atom is 0.343 e. The van der Waals surface area contributed by atoms with Gasteiger partial charge in [0, 0.05) is 6.92 Å². The molecule has 0 atom stereocenters. The third kappa shape index (κ3) is 3.60. The Morgan fingerprint density at radius 1 is 0.750 bits per heavy atom. The van der Waals surface area contributed by atoms with Crippen LogP contribution in [0.15, 0.2) is 60.7 Å². The fraction of sp³-hybridized carbons (Fsp3) is 0.100. The number of ether oxygens (including phenoxy) is 2. The van der Waals surface area contributed by atoms with Crippen molar-refractivity contribution in [3.63, 3.8) is 0 Å². The minimum atomic E-state index is -0.397. The average Bonchev–Trinajstić information content (AvgIpc) is 2.55. The lowest BCUT2D eigenvalue weighted by atomic mass is 10.1. The van der Waals surface area contributed by atoms with E-state index in [0.29, 0.717) is 17.1 Å². The van der Waals surface area contributed by atoms with E-state index < -0.39 is 5.97 Å². The van der Waals surface area contributed by atoms with Gasteiger partial charge in [-0.25, -0.2) is 4.79 Å². The Morgan fingerprint density at radius 2 is 1.29 bits per heavy atom. The molecule has 120 valence electrons. The summed E-state index contributed by atoms with van der Waals surface area (Å²) >= 11 is 0. The van der Waals surface area contributed by atoms with Crippen LogP contribution in [0.5, 0.6) is 11.5 Å². The van der Waals surface area contributed by atoms with Crippen molar-refractivity contribution in [2.24, 2.45) is 0 Å². The lowest BCUT2D eigenvalue weighted by Crippen LogP contribution is -2.08. The molecule has 24 heavy (non-hydrogen) atoms. The largest absolute Gasteiger partial charge is 0.427 e. The number of rotatable bonds is 3. The second kappa shape index (κ2) is 6.54. The fourth-order valence-corrected chi connectivity index (χ4v) is 2.35. The molecule has 4 heteroatoms. The number of hydrogen-bond donors (Lipinski definition) is 0. The molecule has 0 aromatic heterocycles. The zero-order chi connectivity index (χ0) is 17.1. The van der Waals surface area contributed by atoms with Gasteiger partial charge in [-0.3, -0.25) is 4.79 Å². The summed E-state index contributed by atoms with van der Waals surface area (Å²) in [6.07, 6.45) is 0. The van der Waals surface area contributed by atoms with Crippen LogP contribution in [-0.2, 0) is 4.79 Å². The van der Waals surface area contributed by atoms with E-state index in [2.05, 4.69) is 0 Å². The predicted octanol–water partition coefficient (Wildman–Crippen LogP) is 4.29. The van der Waals surface area contributed by atoms with Gasteiger partial charge in [-0.05, 0) is 54.1 Å². The second-order valence-corrected chi connectivity index (χ2v) is 5.52. The normalized spacial score (nSPS) is 10.4. The van der Waals surface area contributed by atoms with Crippen molar-refractivity contribution >= 4 is 22.7 Å². The third-order valence-electron chi connectivity index (χ3n) is 3.54. The van der Waals surface area contributed by atoms with Crippen molar-refractivity contribution in [3.8, 4) is 11.5 Å². The van der Waals surface area contributed by atoms with Crippen molar-refractivity contribution < 1.29 is 19.1 Å². The van der Waals surface area contributed by atoms with Gasteiger partial charge >= 0.3 is 11.9 Å². The summed E-state index contributed by atoms with van der Waals surface area (Å²) in [5, 5.41) is 1.78. The van der Waals surface area contributed by atoms with E-state index in [4.69, 9.17) is 9.47 Å². The van der Waals surface area contributed by atoms with Crippen LogP contribution in [0.1, 0.15) is 22.8 Å². The van der Waals surface area contributed by atoms with E-state index in [9.17, 15) is 9.59 Å². The van der Waals surface area contributed by atoms with Gasteiger partial charge in [-0.2, -0.15) is 0 Å². The zero-order valence-corrected chi connectivity index (χ0v) is 13.4. The molecule has 0 aliphatic heterocycles. The Balaban J connectivity index is 1.81. The minimum absolute atomic E-state index is 0.363. The maximum atomic E-state index is 12.2. The molecule has 3 aromatic rings. The van der Waals surface area contributed by atoms with Crippen LogP contribution < -0.4 is 9.47 Å². The molecule has 4 nitrogen and oxygen atoms in total. The number of aryl methyl sites for hydroxylation is 1. The summed E-state index contributed by atoms with van der Waals surface area (Å²) in [6, 6.07) is 17.8. The summed E-state index contributed by atoms with van der Waals surface area (Å²) in [5.74, 6) is 0.191. The molecule has 0 spiro atoms. The summed E-state index contributed by atoms with van der Waals surface area (Å²) in [6.45, 7) is 3.32. The highest BCUT2D eigenvalue weighted by Crippen LogP contribution is 2.25. The molecule has 3 rings (SSSR count). The summed E-state index contributed by atoms with van der Waals surface area (Å²) in [7, 11) is 0. The number of fused-ring (bicyclic) bond motifs is 1. The molecular formula is C20H16O4. The minimum Gasteiger partial charge on any atom is -0.427 e. The first-order valence-corrected chi connectivity index (χ1v) is 7.52. The lowest BCUT2D eigenvalue weighted by molar-refractivity contribution is -0.131. The van der Waals surface area contributed by atoms with Gasteiger partial charge in [-0.15, -0.1) is 0 Å². The van der Waals surface area contributed by atoms with Gasteiger partial charge in [-0.1, -0.05) is 29.8 Å². The Kier molecular flexibility index (Phi) is 4.29. The Labute approximate surface area is 139 Å². The third-order valence-corrected chi connectivity index (χ3v) is 3.54. The van der Waals surface area contributed by atoms with Crippen LogP contribution in [0.2, 0.25) is 0 Å². The Hall–Kier alpha value is -3.14. The highest BCUT2D eigenvalue weighted by molar-refractivity contribution is 5.92. The molecule has 0 fully saturated rings. The molecule has 0 aliphatic carbocycles. The van der Waals surface area contributed by atoms with E-state index >= 15 is 0 Å². The number of carbonyl (C=O) groups is 2. The molecular weight excluding hydrogens is 304 g/mol. The predicted molar refractivity (Wildman–Crippen MR) is 91.4 cm³/mol. The van der Waals surface area contributed by atoms with Gasteiger partial charge in [0.1, 0.15) is 11.5 Å². The van der Waals surface area contributed by atoms with Gasteiger partial charge in [0.2, 0.25) is 0 Å². The molecule has 0 N–H and O–H groups in total. The molecule has 3 aromatic carbocycles. The molecule has 0 aliphatic rings. The summed E-state index contributed by atoms with van der Waals surface area (Å²) in [5.41, 5.74) is 1.59. The van der Waals surface area contributed by atoms with Gasteiger partial charge in [0.25, 0.3) is 0 Å². The van der Waals surface area contributed by atoms with Crippen LogP contribution in [-0.4, -0.2) is 11.9 Å². The van der Waals surface area contributed by atoms with Crippen molar-refractivity contribution in [2.45, 2.75) is 13.8 Å². The lowest BCUT2D eigenvalue weighted by Gasteiger charge is -2.07. The fourth-order valence-electron chi connectivity index (χ4n) is 2.35. The van der Waals surface area contributed by atoms with Gasteiger partial charge < -0.3 is 9.47 Å². The first-order chi connectivity index (χ1) is 11.5. The highest BCUT2D eigenvalue weighted by Gasteiger charge is 2.09. The Bertz CT molecular complexity index is 911. The number of hydrogen-bond acceptors (Lipinski definition) is 4. The Morgan fingerprint density at radius 3 is 1.83 bits per heavy atom. The molecule has 0 heterocycles. The topological polar surface area (TPSA) is 52.6 Å². The van der Waals surface area contributed by atoms with E-state index in [1.165, 1.54) is 6.92 Å². The number of benzene rings is 3. The maximum absolute atomic E-state index is 12.2. The van der Waals surface area contributed by atoms with E-state index in [1.54, 1.807) is 36.4 Å². The summed E-state index contributed by atoms with van der Waals surface area (Å²) < 4.78 is 10.5. The van der Waals surface area contributed by atoms with Crippen molar-refractivity contribution in [3.05, 3.63) is 71.8 Å². The van der Waals surface area contributed by atoms with Crippen LogP contribution in [0.3, 0.4) is 0 Å². The summed E-state index contributed by atoms with van der Waals surface area (Å²) in [4.78, 5) is 23.2. The van der Waals surface area contributed by atoms with Crippen LogP contribution in [0.25, 0.3) is 10.8 Å². The van der Waals surface area contributed by atoms with Crippen molar-refractivity contribution in [1.29, 1.82) is 0 Å². The average molecular weight is 320 g/mol. The molecule has 0 unspecified atom stereocenters. The van der Waals surface area contributed by atoms with Crippen LogP contribution in [0, 0.1) is 6.92 Å². The zero-order valence-electron chi connectivity index (χ0n) is 13.4. The van der Waals surface area contributed by atoms with Gasteiger partial charge in [0.15, 0.2) is 0 Å². The first-order valence-electron chi connectivity index (χ1n) is 7.52. The van der Waals surface area contributed by atoms with Crippen molar-refractivity contribution in [1.82, 2.24) is 0 Å². The standard InChI is InChI=1S/C20H16O4/c1-13-3-5-15(6-4-13)20(22)24-19-10-8-16-11-18(23-14(2)21)9-7-17(16)12-19/h3-12H,1-2H3. The monoisotopic (exact) mass is 320 g/mol. The smallest absolute Gasteiger partial charge is 0.343 e. The SMILES string of the molecule is CC(=O)Oc1ccc2cc(OC(=O)c3ccc(C)cc3)ccc2c1. The van der Waals surface area contributed by atoms with Crippen LogP contribution in [0.4, 0.5) is 0 Å². The number of carbonyl (C=O) groups excluding carboxylic acids is 2. The molecule has 0 amide bonds. The molecule has 0 bridgehead atoms. The molecule has 0 radical (unpaired) electrons. The van der Waals surface area contributed by atoms with E-state index in [0.717, 1.165) is 16.3 Å². The quantitative estimate of drug-likeness (QED) is 0.533. The van der Waals surface area contributed by atoms with E-state index in [-0.39, 0.29) is 5.97 Å². The highest BCUT2D eigenvalue weighted by atomic mass is 16.5. The first kappa shape index (κ1) is 15.7. The molecule has 0 saturated carbocycles. The van der Waals surface area contributed by atoms with Crippen molar-refractivity contribution in [2.75, 3.05) is 0 Å². The van der Waals surface area contributed by atoms with Gasteiger partial charge in [0.05, 0.1) is 5.56 Å². The number of esters is 2. The molecule has 0 saturated heterocycles. The van der Waals surface area contributed by atoms with Crippen LogP contribution >= 0.6 is 0 Å². The van der Waals surface area contributed by atoms with E-state index in [1.807, 2.05) is 31.2 Å².